The summed E-state index contributed by atoms with van der Waals surface area (Å²) in [5.74, 6) is -0.393. The Balaban J connectivity index is 1.78. The first-order chi connectivity index (χ1) is 12.4. The Kier molecular flexibility index (Phi) is 5.29. The van der Waals surface area contributed by atoms with E-state index in [1.54, 1.807) is 37.3 Å². The molecule has 1 saturated heterocycles. The van der Waals surface area contributed by atoms with E-state index in [-0.39, 0.29) is 0 Å². The molecule has 0 N–H and O–H groups in total. The van der Waals surface area contributed by atoms with Crippen molar-refractivity contribution in [2.45, 2.75) is 11.8 Å². The number of piperazine rings is 1. The van der Waals surface area contributed by atoms with E-state index in [2.05, 4.69) is 0 Å². The second-order valence-corrected chi connectivity index (χ2v) is 8.07. The summed E-state index contributed by atoms with van der Waals surface area (Å²) >= 11 is 0. The summed E-state index contributed by atoms with van der Waals surface area (Å²) in [5, 5.41) is 0. The van der Waals surface area contributed by atoms with Crippen LogP contribution in [0.15, 0.2) is 53.4 Å². The quantitative estimate of drug-likeness (QED) is 0.768. The molecule has 0 atom stereocenters. The summed E-state index contributed by atoms with van der Waals surface area (Å²) < 4.78 is 32.2. The van der Waals surface area contributed by atoms with Crippen LogP contribution in [0.25, 0.3) is 0 Å². The van der Waals surface area contributed by atoms with E-state index in [0.29, 0.717) is 36.6 Å². The second-order valence-electron chi connectivity index (χ2n) is 6.17. The SMILES string of the molecule is COC(=O)c1ccccc1N1CCN(S(=O)(=O)c2ccccc2C)CC1. The summed E-state index contributed by atoms with van der Waals surface area (Å²) in [6.45, 7) is 3.56. The van der Waals surface area contributed by atoms with E-state index in [4.69, 9.17) is 4.74 Å². The van der Waals surface area contributed by atoms with E-state index in [1.807, 2.05) is 23.1 Å². The molecule has 2 aromatic carbocycles. The number of ether oxygens (including phenoxy) is 1. The number of methoxy groups -OCH3 is 1. The van der Waals surface area contributed by atoms with Crippen molar-refractivity contribution in [1.82, 2.24) is 4.31 Å². The summed E-state index contributed by atoms with van der Waals surface area (Å²) in [4.78, 5) is 14.3. The molecule has 0 aliphatic carbocycles. The smallest absolute Gasteiger partial charge is 0.339 e. The Hall–Kier alpha value is -2.38. The number of hydrogen-bond acceptors (Lipinski definition) is 5. The number of carbonyl (C=O) groups is 1. The molecule has 1 aliphatic heterocycles. The van der Waals surface area contributed by atoms with Gasteiger partial charge in [-0.2, -0.15) is 4.31 Å². The number of rotatable bonds is 4. The third kappa shape index (κ3) is 3.45. The first kappa shape index (κ1) is 18.4. The van der Waals surface area contributed by atoms with Crippen molar-refractivity contribution in [1.29, 1.82) is 0 Å². The lowest BCUT2D eigenvalue weighted by Crippen LogP contribution is -2.49. The first-order valence-electron chi connectivity index (χ1n) is 8.43. The number of benzene rings is 2. The van der Waals surface area contributed by atoms with Crippen LogP contribution in [0, 0.1) is 6.92 Å². The molecule has 0 unspecified atom stereocenters. The number of anilines is 1. The Morgan fingerprint density at radius 2 is 1.58 bits per heavy atom. The van der Waals surface area contributed by atoms with Crippen LogP contribution in [0.5, 0.6) is 0 Å². The van der Waals surface area contributed by atoms with Gasteiger partial charge in [-0.1, -0.05) is 30.3 Å². The molecule has 138 valence electrons. The van der Waals surface area contributed by atoms with Gasteiger partial charge in [0.2, 0.25) is 10.0 Å². The minimum atomic E-state index is -3.51. The summed E-state index contributed by atoms with van der Waals surface area (Å²) in [6.07, 6.45) is 0. The normalized spacial score (nSPS) is 15.7. The monoisotopic (exact) mass is 374 g/mol. The lowest BCUT2D eigenvalue weighted by Gasteiger charge is -2.36. The number of sulfonamides is 1. The van der Waals surface area contributed by atoms with Gasteiger partial charge in [0.05, 0.1) is 23.3 Å². The van der Waals surface area contributed by atoms with Gasteiger partial charge < -0.3 is 9.64 Å². The molecule has 0 amide bonds. The zero-order valence-electron chi connectivity index (χ0n) is 14.9. The summed E-state index contributed by atoms with van der Waals surface area (Å²) in [5.41, 5.74) is 2.00. The Labute approximate surface area is 154 Å². The average Bonchev–Trinajstić information content (AvgIpc) is 2.67. The van der Waals surface area contributed by atoms with E-state index < -0.39 is 16.0 Å². The Morgan fingerprint density at radius 3 is 2.23 bits per heavy atom. The number of esters is 1. The zero-order valence-corrected chi connectivity index (χ0v) is 15.7. The number of para-hydroxylation sites is 1. The largest absolute Gasteiger partial charge is 0.465 e. The molecule has 7 heteroatoms. The van der Waals surface area contributed by atoms with Crippen LogP contribution in [0.1, 0.15) is 15.9 Å². The van der Waals surface area contributed by atoms with Gasteiger partial charge in [0.1, 0.15) is 0 Å². The van der Waals surface area contributed by atoms with E-state index in [1.165, 1.54) is 11.4 Å². The molecule has 3 rings (SSSR count). The van der Waals surface area contributed by atoms with Crippen molar-refractivity contribution in [3.8, 4) is 0 Å². The first-order valence-corrected chi connectivity index (χ1v) is 9.87. The van der Waals surface area contributed by atoms with Gasteiger partial charge in [-0.3, -0.25) is 0 Å². The maximum absolute atomic E-state index is 12.9. The van der Waals surface area contributed by atoms with Gasteiger partial charge in [-0.25, -0.2) is 13.2 Å². The minimum absolute atomic E-state index is 0.350. The molecule has 0 aromatic heterocycles. The maximum Gasteiger partial charge on any atom is 0.339 e. The van der Waals surface area contributed by atoms with Gasteiger partial charge >= 0.3 is 5.97 Å². The van der Waals surface area contributed by atoms with Crippen LogP contribution in [0.3, 0.4) is 0 Å². The van der Waals surface area contributed by atoms with Crippen molar-refractivity contribution in [3.63, 3.8) is 0 Å². The molecule has 0 bridgehead atoms. The van der Waals surface area contributed by atoms with Crippen molar-refractivity contribution in [2.75, 3.05) is 38.2 Å². The number of carbonyl (C=O) groups excluding carboxylic acids is 1. The Bertz CT molecular complexity index is 903. The molecule has 1 fully saturated rings. The molecule has 0 radical (unpaired) electrons. The lowest BCUT2D eigenvalue weighted by atomic mass is 10.1. The van der Waals surface area contributed by atoms with Gasteiger partial charge in [-0.15, -0.1) is 0 Å². The van der Waals surface area contributed by atoms with Crippen molar-refractivity contribution < 1.29 is 17.9 Å². The van der Waals surface area contributed by atoms with E-state index in [9.17, 15) is 13.2 Å². The minimum Gasteiger partial charge on any atom is -0.465 e. The van der Waals surface area contributed by atoms with E-state index >= 15 is 0 Å². The van der Waals surface area contributed by atoms with Crippen molar-refractivity contribution >= 4 is 21.7 Å². The van der Waals surface area contributed by atoms with Crippen LogP contribution in [-0.2, 0) is 14.8 Å². The van der Waals surface area contributed by atoms with E-state index in [0.717, 1.165) is 11.3 Å². The molecule has 2 aromatic rings. The van der Waals surface area contributed by atoms with Crippen LogP contribution in [0.4, 0.5) is 5.69 Å². The molecule has 1 heterocycles. The maximum atomic E-state index is 12.9. The fourth-order valence-electron chi connectivity index (χ4n) is 3.19. The fourth-order valence-corrected chi connectivity index (χ4v) is 4.83. The highest BCUT2D eigenvalue weighted by Crippen LogP contribution is 2.25. The highest BCUT2D eigenvalue weighted by atomic mass is 32.2. The van der Waals surface area contributed by atoms with Gasteiger partial charge in [0.15, 0.2) is 0 Å². The second kappa shape index (κ2) is 7.47. The molecular weight excluding hydrogens is 352 g/mol. The molecule has 0 saturated carbocycles. The van der Waals surface area contributed by atoms with Crippen LogP contribution >= 0.6 is 0 Å². The third-order valence-corrected chi connectivity index (χ3v) is 6.66. The standard InChI is InChI=1S/C19H22N2O4S/c1-15-7-3-6-10-18(15)26(23,24)21-13-11-20(12-14-21)17-9-5-4-8-16(17)19(22)25-2/h3-10H,11-14H2,1-2H3. The summed E-state index contributed by atoms with van der Waals surface area (Å²) in [6, 6.07) is 14.2. The van der Waals surface area contributed by atoms with Gasteiger partial charge in [0, 0.05) is 26.2 Å². The highest BCUT2D eigenvalue weighted by Gasteiger charge is 2.30. The number of aryl methyl sites for hydroxylation is 1. The van der Waals surface area contributed by atoms with Crippen LogP contribution < -0.4 is 4.90 Å². The van der Waals surface area contributed by atoms with Gasteiger partial charge in [-0.05, 0) is 30.7 Å². The third-order valence-electron chi connectivity index (χ3n) is 4.60. The van der Waals surface area contributed by atoms with Crippen LogP contribution in [0.2, 0.25) is 0 Å². The molecule has 1 aliphatic rings. The summed E-state index contributed by atoms with van der Waals surface area (Å²) in [7, 11) is -2.16. The Morgan fingerprint density at radius 1 is 0.962 bits per heavy atom. The van der Waals surface area contributed by atoms with Gasteiger partial charge in [0.25, 0.3) is 0 Å². The van der Waals surface area contributed by atoms with Crippen molar-refractivity contribution in [2.24, 2.45) is 0 Å². The predicted octanol–water partition coefficient (Wildman–Crippen LogP) is 2.29. The van der Waals surface area contributed by atoms with Crippen LogP contribution in [-0.4, -0.2) is 52.0 Å². The molecule has 6 nitrogen and oxygen atoms in total. The fraction of sp³-hybridized carbons (Fsp3) is 0.316. The lowest BCUT2D eigenvalue weighted by molar-refractivity contribution is 0.0601. The highest BCUT2D eigenvalue weighted by molar-refractivity contribution is 7.89. The average molecular weight is 374 g/mol. The van der Waals surface area contributed by atoms with Crippen molar-refractivity contribution in [3.05, 3.63) is 59.7 Å². The molecular formula is C19H22N2O4S. The number of nitrogens with zero attached hydrogens (tertiary/aromatic N) is 2. The topological polar surface area (TPSA) is 66.9 Å². The molecule has 26 heavy (non-hydrogen) atoms. The molecule has 0 spiro atoms. The number of hydrogen-bond donors (Lipinski definition) is 0. The predicted molar refractivity (Wildman–Crippen MR) is 99.9 cm³/mol. The zero-order chi connectivity index (χ0) is 18.7.